The van der Waals surface area contributed by atoms with E-state index in [1.54, 1.807) is 0 Å². The largest absolute Gasteiger partial charge is 0.481 e. The SMILES string of the molecule is O=C(O)CC1CC2CCC1CC2. The summed E-state index contributed by atoms with van der Waals surface area (Å²) in [4.78, 5) is 10.5. The van der Waals surface area contributed by atoms with Gasteiger partial charge in [0.25, 0.3) is 0 Å². The predicted octanol–water partition coefficient (Wildman–Crippen LogP) is 2.29. The van der Waals surface area contributed by atoms with Gasteiger partial charge < -0.3 is 5.11 Å². The summed E-state index contributed by atoms with van der Waals surface area (Å²) >= 11 is 0. The van der Waals surface area contributed by atoms with Gasteiger partial charge in [0.2, 0.25) is 0 Å². The highest BCUT2D eigenvalue weighted by Crippen LogP contribution is 2.46. The molecule has 0 aliphatic heterocycles. The molecule has 2 bridgehead atoms. The van der Waals surface area contributed by atoms with Gasteiger partial charge in [-0.05, 0) is 37.0 Å². The highest BCUT2D eigenvalue weighted by Gasteiger charge is 2.36. The Balaban J connectivity index is 1.95. The zero-order valence-electron chi connectivity index (χ0n) is 7.33. The first-order valence-electron chi connectivity index (χ1n) is 4.97. The van der Waals surface area contributed by atoms with Crippen LogP contribution in [0.25, 0.3) is 0 Å². The van der Waals surface area contributed by atoms with E-state index in [2.05, 4.69) is 0 Å². The van der Waals surface area contributed by atoms with E-state index in [4.69, 9.17) is 5.11 Å². The number of carboxylic acids is 1. The van der Waals surface area contributed by atoms with Crippen LogP contribution in [0.1, 0.15) is 38.5 Å². The lowest BCUT2D eigenvalue weighted by molar-refractivity contribution is -0.139. The second-order valence-corrected chi connectivity index (χ2v) is 4.37. The lowest BCUT2D eigenvalue weighted by Gasteiger charge is -2.41. The summed E-state index contributed by atoms with van der Waals surface area (Å²) in [6.45, 7) is 0. The van der Waals surface area contributed by atoms with Crippen LogP contribution in [0.5, 0.6) is 0 Å². The molecule has 0 aromatic carbocycles. The fourth-order valence-corrected chi connectivity index (χ4v) is 2.99. The van der Waals surface area contributed by atoms with Crippen molar-refractivity contribution in [2.24, 2.45) is 17.8 Å². The van der Waals surface area contributed by atoms with E-state index in [1.165, 1.54) is 32.1 Å². The smallest absolute Gasteiger partial charge is 0.303 e. The Morgan fingerprint density at radius 3 is 2.33 bits per heavy atom. The molecule has 0 spiro atoms. The molecule has 2 nitrogen and oxygen atoms in total. The molecule has 1 N–H and O–H groups in total. The normalized spacial score (nSPS) is 39.8. The van der Waals surface area contributed by atoms with Gasteiger partial charge in [-0.2, -0.15) is 0 Å². The van der Waals surface area contributed by atoms with Gasteiger partial charge in [-0.1, -0.05) is 12.8 Å². The van der Waals surface area contributed by atoms with Crippen molar-refractivity contribution in [2.45, 2.75) is 38.5 Å². The second-order valence-electron chi connectivity index (χ2n) is 4.37. The van der Waals surface area contributed by atoms with Gasteiger partial charge in [0.05, 0.1) is 0 Å². The van der Waals surface area contributed by atoms with Gasteiger partial charge in [-0.25, -0.2) is 0 Å². The van der Waals surface area contributed by atoms with Crippen molar-refractivity contribution in [1.29, 1.82) is 0 Å². The van der Waals surface area contributed by atoms with Crippen LogP contribution in [0.15, 0.2) is 0 Å². The van der Waals surface area contributed by atoms with Gasteiger partial charge in [0.15, 0.2) is 0 Å². The summed E-state index contributed by atoms with van der Waals surface area (Å²) in [6, 6.07) is 0. The standard InChI is InChI=1S/C10H16O2/c11-10(12)6-9-5-7-1-3-8(9)4-2-7/h7-9H,1-6H2,(H,11,12). The monoisotopic (exact) mass is 168 g/mol. The fourth-order valence-electron chi connectivity index (χ4n) is 2.99. The van der Waals surface area contributed by atoms with Crippen LogP contribution in [0.3, 0.4) is 0 Å². The van der Waals surface area contributed by atoms with Gasteiger partial charge in [0, 0.05) is 6.42 Å². The molecule has 0 radical (unpaired) electrons. The van der Waals surface area contributed by atoms with Crippen molar-refractivity contribution in [1.82, 2.24) is 0 Å². The van der Waals surface area contributed by atoms with Crippen molar-refractivity contribution in [3.05, 3.63) is 0 Å². The molecule has 2 heteroatoms. The molecular formula is C10H16O2. The first-order chi connectivity index (χ1) is 5.75. The van der Waals surface area contributed by atoms with Crippen LogP contribution in [0, 0.1) is 17.8 Å². The van der Waals surface area contributed by atoms with Crippen LogP contribution in [0.4, 0.5) is 0 Å². The number of rotatable bonds is 2. The second kappa shape index (κ2) is 3.08. The molecule has 0 saturated heterocycles. The van der Waals surface area contributed by atoms with Crippen molar-refractivity contribution in [3.8, 4) is 0 Å². The minimum absolute atomic E-state index is 0.418. The Morgan fingerprint density at radius 2 is 1.92 bits per heavy atom. The van der Waals surface area contributed by atoms with Crippen molar-refractivity contribution in [3.63, 3.8) is 0 Å². The third-order valence-corrected chi connectivity index (χ3v) is 3.63. The van der Waals surface area contributed by atoms with E-state index in [1.807, 2.05) is 0 Å². The van der Waals surface area contributed by atoms with Crippen molar-refractivity contribution >= 4 is 5.97 Å². The molecular weight excluding hydrogens is 152 g/mol. The zero-order chi connectivity index (χ0) is 8.55. The summed E-state index contributed by atoms with van der Waals surface area (Å²) < 4.78 is 0. The maximum atomic E-state index is 10.5. The number of hydrogen-bond acceptors (Lipinski definition) is 1. The van der Waals surface area contributed by atoms with E-state index < -0.39 is 5.97 Å². The molecule has 3 rings (SSSR count). The van der Waals surface area contributed by atoms with Crippen LogP contribution in [0.2, 0.25) is 0 Å². The summed E-state index contributed by atoms with van der Waals surface area (Å²) in [6.07, 6.45) is 6.92. The summed E-state index contributed by atoms with van der Waals surface area (Å²) in [7, 11) is 0. The Morgan fingerprint density at radius 1 is 1.25 bits per heavy atom. The molecule has 1 atom stereocenters. The molecule has 68 valence electrons. The predicted molar refractivity (Wildman–Crippen MR) is 45.8 cm³/mol. The van der Waals surface area contributed by atoms with E-state index in [9.17, 15) is 4.79 Å². The fraction of sp³-hybridized carbons (Fsp3) is 0.900. The Bertz CT molecular complexity index is 180. The maximum Gasteiger partial charge on any atom is 0.303 e. The first-order valence-corrected chi connectivity index (χ1v) is 4.97. The van der Waals surface area contributed by atoms with E-state index >= 15 is 0 Å². The van der Waals surface area contributed by atoms with Crippen molar-refractivity contribution in [2.75, 3.05) is 0 Å². The first kappa shape index (κ1) is 8.09. The molecule has 3 aliphatic carbocycles. The van der Waals surface area contributed by atoms with Gasteiger partial charge >= 0.3 is 5.97 Å². The molecule has 0 amide bonds. The molecule has 3 saturated carbocycles. The topological polar surface area (TPSA) is 37.3 Å². The maximum absolute atomic E-state index is 10.5. The molecule has 3 fully saturated rings. The minimum atomic E-state index is -0.604. The molecule has 0 heterocycles. The third kappa shape index (κ3) is 1.47. The average Bonchev–Trinajstić information content (AvgIpc) is 2.05. The van der Waals surface area contributed by atoms with Crippen LogP contribution in [-0.4, -0.2) is 11.1 Å². The quantitative estimate of drug-likeness (QED) is 0.686. The summed E-state index contributed by atoms with van der Waals surface area (Å²) in [5.41, 5.74) is 0. The Hall–Kier alpha value is -0.530. The molecule has 0 aromatic heterocycles. The molecule has 1 unspecified atom stereocenters. The van der Waals surface area contributed by atoms with Crippen LogP contribution < -0.4 is 0 Å². The zero-order valence-corrected chi connectivity index (χ0v) is 7.33. The van der Waals surface area contributed by atoms with E-state index in [0.717, 1.165) is 11.8 Å². The number of aliphatic carboxylic acids is 1. The lowest BCUT2D eigenvalue weighted by atomic mass is 9.64. The van der Waals surface area contributed by atoms with Crippen LogP contribution >= 0.6 is 0 Å². The highest BCUT2D eigenvalue weighted by molar-refractivity contribution is 5.67. The van der Waals surface area contributed by atoms with Gasteiger partial charge in [-0.15, -0.1) is 0 Å². The number of carboxylic acid groups (broad SMARTS) is 1. The van der Waals surface area contributed by atoms with E-state index in [0.29, 0.717) is 12.3 Å². The van der Waals surface area contributed by atoms with Crippen LogP contribution in [-0.2, 0) is 4.79 Å². The highest BCUT2D eigenvalue weighted by atomic mass is 16.4. The molecule has 0 aromatic rings. The Labute approximate surface area is 73.0 Å². The van der Waals surface area contributed by atoms with Gasteiger partial charge in [-0.3, -0.25) is 4.79 Å². The summed E-state index contributed by atoms with van der Waals surface area (Å²) in [5.74, 6) is 1.51. The number of hydrogen-bond donors (Lipinski definition) is 1. The number of fused-ring (bicyclic) bond motifs is 3. The number of carbonyl (C=O) groups is 1. The minimum Gasteiger partial charge on any atom is -0.481 e. The Kier molecular flexibility index (Phi) is 2.07. The third-order valence-electron chi connectivity index (χ3n) is 3.63. The molecule has 12 heavy (non-hydrogen) atoms. The average molecular weight is 168 g/mol. The van der Waals surface area contributed by atoms with E-state index in [-0.39, 0.29) is 0 Å². The summed E-state index contributed by atoms with van der Waals surface area (Å²) in [5, 5.41) is 8.69. The van der Waals surface area contributed by atoms with Crippen molar-refractivity contribution < 1.29 is 9.90 Å². The molecule has 3 aliphatic rings. The lowest BCUT2D eigenvalue weighted by Crippen LogP contribution is -2.32. The van der Waals surface area contributed by atoms with Gasteiger partial charge in [0.1, 0.15) is 0 Å².